The van der Waals surface area contributed by atoms with E-state index in [1.165, 1.54) is 16.8 Å². The third kappa shape index (κ3) is 2.92. The predicted octanol–water partition coefficient (Wildman–Crippen LogP) is 5.12. The van der Waals surface area contributed by atoms with Gasteiger partial charge >= 0.3 is 0 Å². The lowest BCUT2D eigenvalue weighted by atomic mass is 10.1. The minimum atomic E-state index is -0.676. The summed E-state index contributed by atoms with van der Waals surface area (Å²) in [5.41, 5.74) is 1.25. The number of nitrogens with zero attached hydrogens (tertiary/aromatic N) is 2. The second-order valence-electron chi connectivity index (χ2n) is 5.05. The summed E-state index contributed by atoms with van der Waals surface area (Å²) in [6.07, 6.45) is 0. The molecule has 3 aromatic rings. The highest BCUT2D eigenvalue weighted by molar-refractivity contribution is 6.32. The van der Waals surface area contributed by atoms with Crippen LogP contribution in [0.3, 0.4) is 0 Å². The second kappa shape index (κ2) is 6.01. The molecule has 118 valence electrons. The first kappa shape index (κ1) is 15.5. The highest BCUT2D eigenvalue weighted by Crippen LogP contribution is 2.38. The van der Waals surface area contributed by atoms with Crippen molar-refractivity contribution in [2.45, 2.75) is 6.92 Å². The Morgan fingerprint density at radius 2 is 1.87 bits per heavy atom. The molecule has 0 fully saturated rings. The quantitative estimate of drug-likeness (QED) is 0.664. The summed E-state index contributed by atoms with van der Waals surface area (Å²) in [4.78, 5) is 0. The number of para-hydroxylation sites is 1. The van der Waals surface area contributed by atoms with Crippen molar-refractivity contribution in [3.63, 3.8) is 0 Å². The molecular formula is C17H13ClF2N2O. The number of hydrogen-bond donors (Lipinski definition) is 0. The predicted molar refractivity (Wildman–Crippen MR) is 84.8 cm³/mol. The summed E-state index contributed by atoms with van der Waals surface area (Å²) in [7, 11) is 1.68. The molecule has 1 aromatic heterocycles. The van der Waals surface area contributed by atoms with Gasteiger partial charge in [0, 0.05) is 18.7 Å². The zero-order valence-electron chi connectivity index (χ0n) is 12.5. The Balaban J connectivity index is 2.13. The standard InChI is InChI=1S/C17H13ClF2N2O/c1-10-16(12-8-7-11(19)9-14(12)20)17(22(2)21-10)23-15-6-4-3-5-13(15)18/h3-9H,1-2H3. The van der Waals surface area contributed by atoms with Crippen LogP contribution in [0.5, 0.6) is 11.6 Å². The van der Waals surface area contributed by atoms with E-state index in [4.69, 9.17) is 16.3 Å². The van der Waals surface area contributed by atoms with E-state index in [2.05, 4.69) is 5.10 Å². The van der Waals surface area contributed by atoms with Gasteiger partial charge in [0.25, 0.3) is 0 Å². The van der Waals surface area contributed by atoms with E-state index in [9.17, 15) is 8.78 Å². The molecule has 2 aromatic carbocycles. The highest BCUT2D eigenvalue weighted by Gasteiger charge is 2.21. The molecule has 0 aliphatic carbocycles. The van der Waals surface area contributed by atoms with E-state index in [-0.39, 0.29) is 5.56 Å². The Morgan fingerprint density at radius 3 is 2.57 bits per heavy atom. The molecule has 23 heavy (non-hydrogen) atoms. The summed E-state index contributed by atoms with van der Waals surface area (Å²) in [6, 6.07) is 10.4. The topological polar surface area (TPSA) is 27.1 Å². The average Bonchev–Trinajstić information content (AvgIpc) is 2.76. The van der Waals surface area contributed by atoms with Gasteiger partial charge in [-0.05, 0) is 31.2 Å². The number of halogens is 3. The lowest BCUT2D eigenvalue weighted by Crippen LogP contribution is -1.97. The molecule has 0 bridgehead atoms. The zero-order valence-corrected chi connectivity index (χ0v) is 13.2. The molecule has 0 amide bonds. The van der Waals surface area contributed by atoms with E-state index in [1.807, 2.05) is 0 Å². The molecule has 0 aliphatic heterocycles. The number of rotatable bonds is 3. The SMILES string of the molecule is Cc1nn(C)c(Oc2ccccc2Cl)c1-c1ccc(F)cc1F. The van der Waals surface area contributed by atoms with Crippen LogP contribution in [0.15, 0.2) is 42.5 Å². The van der Waals surface area contributed by atoms with Crippen LogP contribution in [0.4, 0.5) is 8.78 Å². The Hall–Kier alpha value is -2.40. The van der Waals surface area contributed by atoms with Crippen LogP contribution in [0.1, 0.15) is 5.69 Å². The Bertz CT molecular complexity index is 877. The number of aryl methyl sites for hydroxylation is 2. The van der Waals surface area contributed by atoms with Gasteiger partial charge in [-0.15, -0.1) is 0 Å². The van der Waals surface area contributed by atoms with Crippen LogP contribution in [-0.4, -0.2) is 9.78 Å². The Kier molecular flexibility index (Phi) is 4.05. The number of hydrogen-bond acceptors (Lipinski definition) is 2. The Labute approximate surface area is 137 Å². The second-order valence-corrected chi connectivity index (χ2v) is 5.45. The van der Waals surface area contributed by atoms with Gasteiger partial charge < -0.3 is 4.74 Å². The number of benzene rings is 2. The van der Waals surface area contributed by atoms with Gasteiger partial charge in [-0.2, -0.15) is 5.10 Å². The van der Waals surface area contributed by atoms with E-state index < -0.39 is 11.6 Å². The van der Waals surface area contributed by atoms with Crippen LogP contribution in [-0.2, 0) is 7.05 Å². The summed E-state index contributed by atoms with van der Waals surface area (Å²) < 4.78 is 34.7. The average molecular weight is 335 g/mol. The van der Waals surface area contributed by atoms with E-state index >= 15 is 0 Å². The molecule has 0 radical (unpaired) electrons. The molecule has 1 heterocycles. The molecule has 0 saturated carbocycles. The molecule has 3 nitrogen and oxygen atoms in total. The minimum Gasteiger partial charge on any atom is -0.437 e. The highest BCUT2D eigenvalue weighted by atomic mass is 35.5. The fourth-order valence-electron chi connectivity index (χ4n) is 2.39. The molecule has 0 spiro atoms. The lowest BCUT2D eigenvalue weighted by molar-refractivity contribution is 0.432. The third-order valence-corrected chi connectivity index (χ3v) is 3.73. The van der Waals surface area contributed by atoms with Gasteiger partial charge in [-0.25, -0.2) is 13.5 Å². The van der Waals surface area contributed by atoms with E-state index in [0.29, 0.717) is 27.9 Å². The fourth-order valence-corrected chi connectivity index (χ4v) is 2.56. The van der Waals surface area contributed by atoms with Gasteiger partial charge in [0.1, 0.15) is 17.4 Å². The van der Waals surface area contributed by atoms with Crippen molar-refractivity contribution in [2.75, 3.05) is 0 Å². The number of ether oxygens (including phenoxy) is 1. The molecule has 0 saturated heterocycles. The summed E-state index contributed by atoms with van der Waals surface area (Å²) in [5.74, 6) is -0.548. The molecule has 0 atom stereocenters. The van der Waals surface area contributed by atoms with Gasteiger partial charge in [-0.1, -0.05) is 23.7 Å². The van der Waals surface area contributed by atoms with Crippen molar-refractivity contribution in [3.8, 4) is 22.8 Å². The molecule has 3 rings (SSSR count). The van der Waals surface area contributed by atoms with Gasteiger partial charge in [-0.3, -0.25) is 0 Å². The molecule has 6 heteroatoms. The molecule has 0 aliphatic rings. The molecule has 0 unspecified atom stereocenters. The number of aromatic nitrogens is 2. The minimum absolute atomic E-state index is 0.221. The maximum atomic E-state index is 14.2. The van der Waals surface area contributed by atoms with Crippen molar-refractivity contribution < 1.29 is 13.5 Å². The van der Waals surface area contributed by atoms with Gasteiger partial charge in [0.2, 0.25) is 5.88 Å². The van der Waals surface area contributed by atoms with Crippen molar-refractivity contribution >= 4 is 11.6 Å². The first-order valence-electron chi connectivity index (χ1n) is 6.89. The van der Waals surface area contributed by atoms with Crippen LogP contribution in [0.25, 0.3) is 11.1 Å². The first-order chi connectivity index (χ1) is 11.0. The largest absolute Gasteiger partial charge is 0.437 e. The van der Waals surface area contributed by atoms with Crippen molar-refractivity contribution in [1.82, 2.24) is 9.78 Å². The van der Waals surface area contributed by atoms with Crippen LogP contribution >= 0.6 is 11.6 Å². The monoisotopic (exact) mass is 334 g/mol. The Morgan fingerprint density at radius 1 is 1.13 bits per heavy atom. The summed E-state index contributed by atoms with van der Waals surface area (Å²) in [6.45, 7) is 1.73. The van der Waals surface area contributed by atoms with Crippen molar-refractivity contribution in [1.29, 1.82) is 0 Å². The van der Waals surface area contributed by atoms with Crippen LogP contribution in [0, 0.1) is 18.6 Å². The fraction of sp³-hybridized carbons (Fsp3) is 0.118. The summed E-state index contributed by atoms with van der Waals surface area (Å²) >= 11 is 6.11. The zero-order chi connectivity index (χ0) is 16.6. The lowest BCUT2D eigenvalue weighted by Gasteiger charge is -2.11. The summed E-state index contributed by atoms with van der Waals surface area (Å²) in [5, 5.41) is 4.69. The third-order valence-electron chi connectivity index (χ3n) is 3.41. The normalized spacial score (nSPS) is 10.8. The molecule has 0 N–H and O–H groups in total. The van der Waals surface area contributed by atoms with Gasteiger partial charge in [0.15, 0.2) is 0 Å². The van der Waals surface area contributed by atoms with Crippen LogP contribution < -0.4 is 4.74 Å². The van der Waals surface area contributed by atoms with E-state index in [1.54, 1.807) is 38.2 Å². The maximum Gasteiger partial charge on any atom is 0.225 e. The van der Waals surface area contributed by atoms with Gasteiger partial charge in [0.05, 0.1) is 16.3 Å². The molecular weight excluding hydrogens is 322 g/mol. The first-order valence-corrected chi connectivity index (χ1v) is 7.26. The van der Waals surface area contributed by atoms with E-state index in [0.717, 1.165) is 6.07 Å². The van der Waals surface area contributed by atoms with Crippen molar-refractivity contribution in [3.05, 3.63) is 64.8 Å². The van der Waals surface area contributed by atoms with Crippen molar-refractivity contribution in [2.24, 2.45) is 7.05 Å². The maximum absolute atomic E-state index is 14.2. The smallest absolute Gasteiger partial charge is 0.225 e. The van der Waals surface area contributed by atoms with Crippen LogP contribution in [0.2, 0.25) is 5.02 Å².